The molecule has 0 radical (unpaired) electrons. The van der Waals surface area contributed by atoms with Crippen molar-refractivity contribution in [1.82, 2.24) is 15.1 Å². The van der Waals surface area contributed by atoms with Crippen LogP contribution in [0.15, 0.2) is 36.7 Å². The summed E-state index contributed by atoms with van der Waals surface area (Å²) in [7, 11) is 1.51. The van der Waals surface area contributed by atoms with Crippen LogP contribution >= 0.6 is 0 Å². The molecule has 0 aliphatic carbocycles. The Morgan fingerprint density at radius 1 is 1.53 bits per heavy atom. The summed E-state index contributed by atoms with van der Waals surface area (Å²) >= 11 is 0. The highest BCUT2D eigenvalue weighted by molar-refractivity contribution is 5.97. The number of carbonyl (C=O) groups excluding carboxylic acids is 1. The largest absolute Gasteiger partial charge is 0.507 e. The SMILES string of the molecule is COc1ccc(O)c(C(=O)NCCn2cccn2)c1. The van der Waals surface area contributed by atoms with Gasteiger partial charge >= 0.3 is 0 Å². The molecule has 2 N–H and O–H groups in total. The van der Waals surface area contributed by atoms with Crippen molar-refractivity contribution < 1.29 is 14.6 Å². The summed E-state index contributed by atoms with van der Waals surface area (Å²) in [5.74, 6) is 0.107. The van der Waals surface area contributed by atoms with Crippen LogP contribution in [0.1, 0.15) is 10.4 Å². The lowest BCUT2D eigenvalue weighted by atomic mass is 10.2. The summed E-state index contributed by atoms with van der Waals surface area (Å²) in [4.78, 5) is 11.9. The molecule has 100 valence electrons. The molecule has 0 aliphatic rings. The van der Waals surface area contributed by atoms with Gasteiger partial charge in [0, 0.05) is 18.9 Å². The normalized spacial score (nSPS) is 10.2. The average molecular weight is 261 g/mol. The van der Waals surface area contributed by atoms with Crippen LogP contribution < -0.4 is 10.1 Å². The van der Waals surface area contributed by atoms with E-state index in [-0.39, 0.29) is 17.2 Å². The van der Waals surface area contributed by atoms with E-state index in [1.165, 1.54) is 19.2 Å². The van der Waals surface area contributed by atoms with Gasteiger partial charge in [0.15, 0.2) is 0 Å². The maximum absolute atomic E-state index is 11.9. The molecule has 0 spiro atoms. The first-order valence-electron chi connectivity index (χ1n) is 5.83. The number of hydrogen-bond donors (Lipinski definition) is 2. The van der Waals surface area contributed by atoms with Gasteiger partial charge in [-0.1, -0.05) is 0 Å². The zero-order valence-electron chi connectivity index (χ0n) is 10.5. The summed E-state index contributed by atoms with van der Waals surface area (Å²) in [6, 6.07) is 6.34. The number of nitrogens with zero attached hydrogens (tertiary/aromatic N) is 2. The van der Waals surface area contributed by atoms with Crippen LogP contribution in [0, 0.1) is 0 Å². The Hall–Kier alpha value is -2.50. The van der Waals surface area contributed by atoms with Gasteiger partial charge in [0.05, 0.1) is 19.2 Å². The molecular weight excluding hydrogens is 246 g/mol. The second kappa shape index (κ2) is 5.90. The lowest BCUT2D eigenvalue weighted by molar-refractivity contribution is 0.0949. The maximum atomic E-state index is 11.9. The number of nitrogens with one attached hydrogen (secondary N) is 1. The van der Waals surface area contributed by atoms with E-state index in [2.05, 4.69) is 10.4 Å². The molecule has 1 amide bonds. The number of ether oxygens (including phenoxy) is 1. The van der Waals surface area contributed by atoms with Gasteiger partial charge in [-0.25, -0.2) is 0 Å². The lowest BCUT2D eigenvalue weighted by Crippen LogP contribution is -2.27. The third-order valence-corrected chi connectivity index (χ3v) is 2.63. The second-order valence-corrected chi connectivity index (χ2v) is 3.91. The number of aromatic nitrogens is 2. The zero-order chi connectivity index (χ0) is 13.7. The van der Waals surface area contributed by atoms with Gasteiger partial charge in [-0.2, -0.15) is 5.10 Å². The molecule has 19 heavy (non-hydrogen) atoms. The van der Waals surface area contributed by atoms with Gasteiger partial charge in [-0.3, -0.25) is 9.48 Å². The monoisotopic (exact) mass is 261 g/mol. The summed E-state index contributed by atoms with van der Waals surface area (Å²) in [6.07, 6.45) is 3.49. The smallest absolute Gasteiger partial charge is 0.255 e. The van der Waals surface area contributed by atoms with Gasteiger partial charge in [0.1, 0.15) is 11.5 Å². The molecule has 6 heteroatoms. The number of methoxy groups -OCH3 is 1. The van der Waals surface area contributed by atoms with Crippen LogP contribution in [-0.2, 0) is 6.54 Å². The molecule has 1 aromatic heterocycles. The number of benzene rings is 1. The average Bonchev–Trinajstić information content (AvgIpc) is 2.92. The fraction of sp³-hybridized carbons (Fsp3) is 0.231. The highest BCUT2D eigenvalue weighted by Crippen LogP contribution is 2.22. The number of amides is 1. The van der Waals surface area contributed by atoms with Crippen LogP contribution in [0.2, 0.25) is 0 Å². The minimum absolute atomic E-state index is 0.0719. The molecular formula is C13H15N3O3. The lowest BCUT2D eigenvalue weighted by Gasteiger charge is -2.08. The summed E-state index contributed by atoms with van der Waals surface area (Å²) < 4.78 is 6.73. The van der Waals surface area contributed by atoms with Gasteiger partial charge in [0.25, 0.3) is 5.91 Å². The Labute approximate surface area is 110 Å². The van der Waals surface area contributed by atoms with Crippen LogP contribution in [0.4, 0.5) is 0 Å². The molecule has 2 aromatic rings. The highest BCUT2D eigenvalue weighted by Gasteiger charge is 2.11. The summed E-state index contributed by atoms with van der Waals surface area (Å²) in [5.41, 5.74) is 0.194. The van der Waals surface area contributed by atoms with E-state index in [0.717, 1.165) is 0 Å². The van der Waals surface area contributed by atoms with Crippen LogP contribution in [-0.4, -0.2) is 34.4 Å². The molecule has 0 atom stereocenters. The van der Waals surface area contributed by atoms with Gasteiger partial charge in [-0.05, 0) is 24.3 Å². The van der Waals surface area contributed by atoms with Crippen molar-refractivity contribution >= 4 is 5.91 Å². The molecule has 2 rings (SSSR count). The van der Waals surface area contributed by atoms with Crippen molar-refractivity contribution in [3.05, 3.63) is 42.2 Å². The number of hydrogen-bond acceptors (Lipinski definition) is 4. The predicted octanol–water partition coefficient (Wildman–Crippen LogP) is 1.03. The number of phenolic OH excluding ortho intramolecular Hbond substituents is 1. The number of rotatable bonds is 5. The quantitative estimate of drug-likeness (QED) is 0.842. The van der Waals surface area contributed by atoms with Crippen LogP contribution in [0.5, 0.6) is 11.5 Å². The third-order valence-electron chi connectivity index (χ3n) is 2.63. The second-order valence-electron chi connectivity index (χ2n) is 3.91. The van der Waals surface area contributed by atoms with Crippen molar-refractivity contribution in [3.63, 3.8) is 0 Å². The zero-order valence-corrected chi connectivity index (χ0v) is 10.5. The first kappa shape index (κ1) is 12.9. The first-order chi connectivity index (χ1) is 9.20. The Balaban J connectivity index is 1.95. The molecule has 0 saturated carbocycles. The molecule has 0 unspecified atom stereocenters. The fourth-order valence-electron chi connectivity index (χ4n) is 1.64. The van der Waals surface area contributed by atoms with E-state index in [1.807, 2.05) is 12.3 Å². The van der Waals surface area contributed by atoms with Crippen molar-refractivity contribution in [2.45, 2.75) is 6.54 Å². The van der Waals surface area contributed by atoms with E-state index in [4.69, 9.17) is 4.74 Å². The Morgan fingerprint density at radius 2 is 2.37 bits per heavy atom. The highest BCUT2D eigenvalue weighted by atomic mass is 16.5. The molecule has 1 aromatic carbocycles. The van der Waals surface area contributed by atoms with E-state index in [9.17, 15) is 9.90 Å². The number of phenols is 1. The van der Waals surface area contributed by atoms with Gasteiger partial charge < -0.3 is 15.2 Å². The molecule has 1 heterocycles. The minimum atomic E-state index is -0.344. The van der Waals surface area contributed by atoms with E-state index in [0.29, 0.717) is 18.8 Å². The van der Waals surface area contributed by atoms with E-state index >= 15 is 0 Å². The molecule has 0 aliphatic heterocycles. The summed E-state index contributed by atoms with van der Waals surface area (Å²) in [5, 5.41) is 16.4. The van der Waals surface area contributed by atoms with Crippen LogP contribution in [0.25, 0.3) is 0 Å². The Kier molecular flexibility index (Phi) is 4.02. The molecule has 6 nitrogen and oxygen atoms in total. The number of aromatic hydroxyl groups is 1. The first-order valence-corrected chi connectivity index (χ1v) is 5.83. The summed E-state index contributed by atoms with van der Waals surface area (Å²) in [6.45, 7) is 1.00. The Morgan fingerprint density at radius 3 is 3.05 bits per heavy atom. The van der Waals surface area contributed by atoms with Crippen molar-refractivity contribution in [1.29, 1.82) is 0 Å². The molecule has 0 fully saturated rings. The Bertz CT molecular complexity index is 552. The number of carbonyl (C=O) groups is 1. The van der Waals surface area contributed by atoms with Gasteiger partial charge in [-0.15, -0.1) is 0 Å². The fourth-order valence-corrected chi connectivity index (χ4v) is 1.64. The van der Waals surface area contributed by atoms with E-state index < -0.39 is 0 Å². The van der Waals surface area contributed by atoms with Crippen molar-refractivity contribution in [2.24, 2.45) is 0 Å². The molecule has 0 saturated heterocycles. The van der Waals surface area contributed by atoms with Gasteiger partial charge in [0.2, 0.25) is 0 Å². The topological polar surface area (TPSA) is 76.4 Å². The maximum Gasteiger partial charge on any atom is 0.255 e. The van der Waals surface area contributed by atoms with Crippen LogP contribution in [0.3, 0.4) is 0 Å². The van der Waals surface area contributed by atoms with Crippen molar-refractivity contribution in [2.75, 3.05) is 13.7 Å². The minimum Gasteiger partial charge on any atom is -0.507 e. The van der Waals surface area contributed by atoms with Crippen molar-refractivity contribution in [3.8, 4) is 11.5 Å². The standard InChI is InChI=1S/C13H15N3O3/c1-19-10-3-4-12(17)11(9-10)13(18)14-6-8-16-7-2-5-15-16/h2-5,7,9,17H,6,8H2,1H3,(H,14,18). The van der Waals surface area contributed by atoms with E-state index in [1.54, 1.807) is 16.9 Å². The third kappa shape index (κ3) is 3.25. The predicted molar refractivity (Wildman–Crippen MR) is 69.2 cm³/mol. The molecule has 0 bridgehead atoms.